The van der Waals surface area contributed by atoms with Gasteiger partial charge in [-0.25, -0.2) is 0 Å². The van der Waals surface area contributed by atoms with Gasteiger partial charge in [0, 0.05) is 12.1 Å². The van der Waals surface area contributed by atoms with Gasteiger partial charge in [0.15, 0.2) is 0 Å². The predicted molar refractivity (Wildman–Crippen MR) is 139 cm³/mol. The normalized spacial score (nSPS) is 17.4. The molecule has 0 aromatic heterocycles. The van der Waals surface area contributed by atoms with Crippen LogP contribution < -0.4 is 4.74 Å². The van der Waals surface area contributed by atoms with Crippen molar-refractivity contribution in [2.45, 2.75) is 53.0 Å². The maximum Gasteiger partial charge on any atom is 0.295 e. The van der Waals surface area contributed by atoms with Crippen LogP contribution >= 0.6 is 0 Å². The number of carbonyl (C=O) groups is 2. The highest BCUT2D eigenvalue weighted by atomic mass is 16.5. The van der Waals surface area contributed by atoms with Crippen LogP contribution in [0.4, 0.5) is 0 Å². The summed E-state index contributed by atoms with van der Waals surface area (Å²) in [5, 5.41) is 11.2. The number of hydrogen-bond donors (Lipinski definition) is 1. The third kappa shape index (κ3) is 6.31. The number of ketones is 1. The van der Waals surface area contributed by atoms with Crippen LogP contribution in [0.25, 0.3) is 5.76 Å². The van der Waals surface area contributed by atoms with Crippen LogP contribution in [0.3, 0.4) is 0 Å². The zero-order valence-electron chi connectivity index (χ0n) is 21.4. The number of aryl methyl sites for hydroxylation is 1. The molecule has 0 saturated carbocycles. The highest BCUT2D eigenvalue weighted by Crippen LogP contribution is 2.40. The van der Waals surface area contributed by atoms with Crippen molar-refractivity contribution in [3.05, 3.63) is 70.8 Å². The molecule has 1 unspecified atom stereocenters. The molecular formula is C29H38N2O4. The number of ether oxygens (including phenoxy) is 1. The van der Waals surface area contributed by atoms with E-state index in [0.717, 1.165) is 50.0 Å². The molecule has 1 aliphatic heterocycles. The Hall–Kier alpha value is -3.12. The third-order valence-electron chi connectivity index (χ3n) is 6.57. The van der Waals surface area contributed by atoms with Crippen LogP contribution in [-0.4, -0.2) is 59.4 Å². The van der Waals surface area contributed by atoms with Gasteiger partial charge in [0.25, 0.3) is 11.7 Å². The van der Waals surface area contributed by atoms with Crippen molar-refractivity contribution in [2.24, 2.45) is 0 Å². The van der Waals surface area contributed by atoms with E-state index in [1.165, 1.54) is 0 Å². The van der Waals surface area contributed by atoms with Gasteiger partial charge in [0.1, 0.15) is 11.5 Å². The second-order valence-corrected chi connectivity index (χ2v) is 9.01. The summed E-state index contributed by atoms with van der Waals surface area (Å²) in [7, 11) is 0. The van der Waals surface area contributed by atoms with Gasteiger partial charge in [-0.05, 0) is 57.1 Å². The van der Waals surface area contributed by atoms with Crippen molar-refractivity contribution in [3.8, 4) is 5.75 Å². The van der Waals surface area contributed by atoms with Crippen LogP contribution in [0.15, 0.2) is 54.1 Å². The molecule has 3 rings (SSSR count). The van der Waals surface area contributed by atoms with Gasteiger partial charge < -0.3 is 19.6 Å². The molecule has 1 atom stereocenters. The van der Waals surface area contributed by atoms with Crippen molar-refractivity contribution in [2.75, 3.05) is 32.8 Å². The SMILES string of the molecule is CCCCOc1cccc(C2C(=C(O)c3ccc(C)cc3)C(=O)C(=O)N2CCCN(CC)CC)c1. The van der Waals surface area contributed by atoms with Crippen LogP contribution in [0.5, 0.6) is 5.75 Å². The van der Waals surface area contributed by atoms with Crippen molar-refractivity contribution < 1.29 is 19.4 Å². The molecule has 35 heavy (non-hydrogen) atoms. The Morgan fingerprint density at radius 3 is 2.40 bits per heavy atom. The third-order valence-corrected chi connectivity index (χ3v) is 6.57. The molecule has 0 radical (unpaired) electrons. The van der Waals surface area contributed by atoms with E-state index in [-0.39, 0.29) is 11.3 Å². The summed E-state index contributed by atoms with van der Waals surface area (Å²) in [5.41, 5.74) is 2.46. The highest BCUT2D eigenvalue weighted by molar-refractivity contribution is 6.46. The van der Waals surface area contributed by atoms with E-state index in [1.807, 2.05) is 43.3 Å². The Morgan fingerprint density at radius 1 is 1.03 bits per heavy atom. The Labute approximate surface area is 209 Å². The number of aliphatic hydroxyl groups excluding tert-OH is 1. The number of likely N-dealkylation sites (tertiary alicyclic amines) is 1. The van der Waals surface area contributed by atoms with E-state index < -0.39 is 17.7 Å². The Bertz CT molecular complexity index is 1040. The number of nitrogens with zero attached hydrogens (tertiary/aromatic N) is 2. The topological polar surface area (TPSA) is 70.1 Å². The number of amides is 1. The first-order valence-electron chi connectivity index (χ1n) is 12.7. The van der Waals surface area contributed by atoms with E-state index in [9.17, 15) is 14.7 Å². The molecule has 1 saturated heterocycles. The number of unbranched alkanes of at least 4 members (excludes halogenated alkanes) is 1. The van der Waals surface area contributed by atoms with Crippen molar-refractivity contribution in [1.29, 1.82) is 0 Å². The first-order chi connectivity index (χ1) is 16.9. The number of hydrogen-bond acceptors (Lipinski definition) is 5. The number of rotatable bonds is 12. The lowest BCUT2D eigenvalue weighted by Crippen LogP contribution is -2.33. The van der Waals surface area contributed by atoms with Gasteiger partial charge in [0.2, 0.25) is 0 Å². The molecule has 0 bridgehead atoms. The molecule has 188 valence electrons. The summed E-state index contributed by atoms with van der Waals surface area (Å²) in [6, 6.07) is 14.2. The molecule has 1 aliphatic rings. The fraction of sp³-hybridized carbons (Fsp3) is 0.448. The lowest BCUT2D eigenvalue weighted by molar-refractivity contribution is -0.140. The average Bonchev–Trinajstić information content (AvgIpc) is 3.12. The van der Waals surface area contributed by atoms with E-state index in [4.69, 9.17) is 4.74 Å². The summed E-state index contributed by atoms with van der Waals surface area (Å²) in [6.45, 7) is 12.0. The van der Waals surface area contributed by atoms with E-state index >= 15 is 0 Å². The molecule has 1 amide bonds. The fourth-order valence-electron chi connectivity index (χ4n) is 4.44. The molecule has 0 spiro atoms. The maximum atomic E-state index is 13.2. The molecule has 1 N–H and O–H groups in total. The zero-order valence-corrected chi connectivity index (χ0v) is 21.4. The first kappa shape index (κ1) is 26.5. The minimum absolute atomic E-state index is 0.132. The number of Topliss-reactive ketones (excluding diaryl/α,β-unsaturated/α-hetero) is 1. The molecule has 1 fully saturated rings. The van der Waals surface area contributed by atoms with Crippen molar-refractivity contribution in [1.82, 2.24) is 9.80 Å². The van der Waals surface area contributed by atoms with Gasteiger partial charge in [-0.3, -0.25) is 9.59 Å². The van der Waals surface area contributed by atoms with Crippen LogP contribution in [0.2, 0.25) is 0 Å². The molecular weight excluding hydrogens is 440 g/mol. The van der Waals surface area contributed by atoms with Crippen molar-refractivity contribution >= 4 is 17.4 Å². The predicted octanol–water partition coefficient (Wildman–Crippen LogP) is 5.33. The largest absolute Gasteiger partial charge is 0.507 e. The molecule has 6 nitrogen and oxygen atoms in total. The van der Waals surface area contributed by atoms with Crippen LogP contribution in [-0.2, 0) is 9.59 Å². The smallest absolute Gasteiger partial charge is 0.295 e. The van der Waals surface area contributed by atoms with Gasteiger partial charge in [-0.2, -0.15) is 0 Å². The van der Waals surface area contributed by atoms with Crippen molar-refractivity contribution in [3.63, 3.8) is 0 Å². The van der Waals surface area contributed by atoms with Gasteiger partial charge in [-0.15, -0.1) is 0 Å². The molecule has 0 aliphatic carbocycles. The minimum Gasteiger partial charge on any atom is -0.507 e. The minimum atomic E-state index is -0.664. The van der Waals surface area contributed by atoms with E-state index in [1.54, 1.807) is 17.0 Å². The summed E-state index contributed by atoms with van der Waals surface area (Å²) in [6.07, 6.45) is 2.72. The lowest BCUT2D eigenvalue weighted by Gasteiger charge is -2.27. The van der Waals surface area contributed by atoms with Gasteiger partial charge in [-0.1, -0.05) is 69.2 Å². The molecule has 2 aromatic carbocycles. The quantitative estimate of drug-likeness (QED) is 0.193. The summed E-state index contributed by atoms with van der Waals surface area (Å²) in [4.78, 5) is 30.3. The zero-order chi connectivity index (χ0) is 25.4. The summed E-state index contributed by atoms with van der Waals surface area (Å²) in [5.74, 6) is -0.661. The van der Waals surface area contributed by atoms with E-state index in [0.29, 0.717) is 24.5 Å². The first-order valence-corrected chi connectivity index (χ1v) is 12.7. The van der Waals surface area contributed by atoms with Crippen LogP contribution in [0.1, 0.15) is 62.8 Å². The number of benzene rings is 2. The van der Waals surface area contributed by atoms with Crippen LogP contribution in [0, 0.1) is 6.92 Å². The monoisotopic (exact) mass is 478 g/mol. The highest BCUT2D eigenvalue weighted by Gasteiger charge is 2.45. The second kappa shape index (κ2) is 12.5. The number of aliphatic hydroxyl groups is 1. The fourth-order valence-corrected chi connectivity index (χ4v) is 4.44. The maximum absolute atomic E-state index is 13.2. The lowest BCUT2D eigenvalue weighted by atomic mass is 9.95. The van der Waals surface area contributed by atoms with Gasteiger partial charge in [0.05, 0.1) is 18.2 Å². The molecule has 2 aromatic rings. The second-order valence-electron chi connectivity index (χ2n) is 9.01. The summed E-state index contributed by atoms with van der Waals surface area (Å²) < 4.78 is 5.90. The Kier molecular flexibility index (Phi) is 9.49. The van der Waals surface area contributed by atoms with Gasteiger partial charge >= 0.3 is 0 Å². The van der Waals surface area contributed by atoms with E-state index in [2.05, 4.69) is 25.7 Å². The Balaban J connectivity index is 2.01. The average molecular weight is 479 g/mol. The molecule has 6 heteroatoms. The molecule has 1 heterocycles. The summed E-state index contributed by atoms with van der Waals surface area (Å²) >= 11 is 0. The number of carbonyl (C=O) groups excluding carboxylic acids is 2. The Morgan fingerprint density at radius 2 is 1.74 bits per heavy atom. The standard InChI is InChI=1S/C29H38N2O4/c1-5-8-19-35-24-12-9-11-23(20-24)26-25(27(32)22-15-13-21(4)14-16-22)28(33)29(34)31(26)18-10-17-30(6-2)7-3/h9,11-16,20,26,32H,5-8,10,17-19H2,1-4H3.